The second kappa shape index (κ2) is 14.6. The number of imidazole rings is 1. The highest BCUT2D eigenvalue weighted by atomic mass is 16.6. The van der Waals surface area contributed by atoms with Gasteiger partial charge in [-0.25, -0.2) is 15.0 Å². The first-order valence-electron chi connectivity index (χ1n) is 16.4. The Balaban J connectivity index is 1.19. The lowest BCUT2D eigenvalue weighted by Crippen LogP contribution is -2.38. The van der Waals surface area contributed by atoms with Crippen LogP contribution < -0.4 is 19.5 Å². The summed E-state index contributed by atoms with van der Waals surface area (Å²) in [4.78, 5) is 26.1. The van der Waals surface area contributed by atoms with Crippen LogP contribution in [0, 0.1) is 0 Å². The van der Waals surface area contributed by atoms with Gasteiger partial charge < -0.3 is 34.1 Å². The lowest BCUT2D eigenvalue weighted by atomic mass is 9.80. The van der Waals surface area contributed by atoms with Gasteiger partial charge >= 0.3 is 0 Å². The predicted octanol–water partition coefficient (Wildman–Crippen LogP) is 5.76. The standard InChI is InChI=1S/C39H37N5O7/c1-47-29-15-9-26(10-16-29)39(27-11-17-30(48-2)18-12-27,28-13-19-31(49-3)20-14-28)50-22-33-32(45)21-34(51-33)44-24-42-35-36(40-23-41-37(35)44)43-38(46)25-7-5-4-6-8-25/h4-20,23-24,32-34,45H,21-22H2,1-3H3,(H,40,41,43,46)/t32-,33+,34+/m0/s1. The van der Waals surface area contributed by atoms with E-state index in [9.17, 15) is 9.90 Å². The summed E-state index contributed by atoms with van der Waals surface area (Å²) < 4.78 is 31.6. The summed E-state index contributed by atoms with van der Waals surface area (Å²) in [5.41, 5.74) is 2.73. The number of anilines is 1. The number of carbonyl (C=O) groups is 1. The average molecular weight is 688 g/mol. The molecular formula is C39H37N5O7. The predicted molar refractivity (Wildman–Crippen MR) is 189 cm³/mol. The van der Waals surface area contributed by atoms with Gasteiger partial charge in [-0.3, -0.25) is 9.36 Å². The number of rotatable bonds is 12. The van der Waals surface area contributed by atoms with E-state index in [0.29, 0.717) is 34.0 Å². The number of ether oxygens (including phenoxy) is 5. The third-order valence-corrected chi connectivity index (χ3v) is 9.09. The maximum atomic E-state index is 12.9. The van der Waals surface area contributed by atoms with Crippen molar-refractivity contribution in [2.75, 3.05) is 33.3 Å². The molecule has 0 unspecified atom stereocenters. The normalized spacial score (nSPS) is 17.3. The highest BCUT2D eigenvalue weighted by Crippen LogP contribution is 2.43. The molecule has 0 bridgehead atoms. The van der Waals surface area contributed by atoms with Gasteiger partial charge in [0.05, 0.1) is 40.4 Å². The molecule has 1 aliphatic rings. The van der Waals surface area contributed by atoms with Crippen LogP contribution in [-0.2, 0) is 15.1 Å². The number of aliphatic hydroxyl groups is 1. The topological polar surface area (TPSA) is 139 Å². The number of hydrogen-bond acceptors (Lipinski definition) is 10. The number of fused-ring (bicyclic) bond motifs is 1. The third-order valence-electron chi connectivity index (χ3n) is 9.09. The van der Waals surface area contributed by atoms with Crippen molar-refractivity contribution in [3.05, 3.63) is 138 Å². The van der Waals surface area contributed by atoms with Crippen LogP contribution in [0.1, 0.15) is 39.7 Å². The number of aliphatic hydroxyl groups excluding tert-OH is 1. The fourth-order valence-electron chi connectivity index (χ4n) is 6.39. The van der Waals surface area contributed by atoms with Gasteiger partial charge in [-0.15, -0.1) is 0 Å². The Labute approximate surface area is 294 Å². The summed E-state index contributed by atoms with van der Waals surface area (Å²) in [6.07, 6.45) is 1.01. The van der Waals surface area contributed by atoms with Crippen LogP contribution in [0.3, 0.4) is 0 Å². The molecular weight excluding hydrogens is 650 g/mol. The van der Waals surface area contributed by atoms with E-state index in [1.54, 1.807) is 56.5 Å². The highest BCUT2D eigenvalue weighted by molar-refractivity contribution is 6.06. The van der Waals surface area contributed by atoms with Crippen molar-refractivity contribution in [1.29, 1.82) is 0 Å². The van der Waals surface area contributed by atoms with Crippen molar-refractivity contribution in [3.8, 4) is 17.2 Å². The van der Waals surface area contributed by atoms with Gasteiger partial charge in [0.25, 0.3) is 5.91 Å². The van der Waals surface area contributed by atoms with Crippen LogP contribution >= 0.6 is 0 Å². The number of benzene rings is 4. The monoisotopic (exact) mass is 687 g/mol. The largest absolute Gasteiger partial charge is 0.497 e. The van der Waals surface area contributed by atoms with Crippen molar-refractivity contribution in [2.24, 2.45) is 0 Å². The lowest BCUT2D eigenvalue weighted by Gasteiger charge is -2.37. The molecule has 1 fully saturated rings. The fourth-order valence-corrected chi connectivity index (χ4v) is 6.39. The van der Waals surface area contributed by atoms with E-state index in [-0.39, 0.29) is 24.8 Å². The maximum Gasteiger partial charge on any atom is 0.256 e. The Kier molecular flexibility index (Phi) is 9.62. The van der Waals surface area contributed by atoms with Crippen molar-refractivity contribution >= 4 is 22.9 Å². The minimum Gasteiger partial charge on any atom is -0.497 e. The first-order valence-corrected chi connectivity index (χ1v) is 16.4. The number of nitrogens with one attached hydrogen (secondary N) is 1. The summed E-state index contributed by atoms with van der Waals surface area (Å²) in [6.45, 7) is 0.0295. The second-order valence-electron chi connectivity index (χ2n) is 12.0. The smallest absolute Gasteiger partial charge is 0.256 e. The zero-order valence-electron chi connectivity index (χ0n) is 28.3. The van der Waals surface area contributed by atoms with Crippen LogP contribution in [0.4, 0.5) is 5.82 Å². The van der Waals surface area contributed by atoms with Crippen molar-refractivity contribution in [2.45, 2.75) is 30.5 Å². The second-order valence-corrected chi connectivity index (χ2v) is 12.0. The van der Waals surface area contributed by atoms with Gasteiger partial charge in [-0.2, -0.15) is 0 Å². The van der Waals surface area contributed by atoms with E-state index in [0.717, 1.165) is 16.7 Å². The van der Waals surface area contributed by atoms with Crippen LogP contribution in [0.15, 0.2) is 116 Å². The van der Waals surface area contributed by atoms with Crippen LogP contribution in [0.25, 0.3) is 11.2 Å². The number of hydrogen-bond donors (Lipinski definition) is 2. The van der Waals surface area contributed by atoms with Gasteiger partial charge in [0.2, 0.25) is 0 Å². The average Bonchev–Trinajstić information content (AvgIpc) is 3.79. The summed E-state index contributed by atoms with van der Waals surface area (Å²) in [5, 5.41) is 14.2. The van der Waals surface area contributed by atoms with Crippen molar-refractivity contribution in [1.82, 2.24) is 19.5 Å². The summed E-state index contributed by atoms with van der Waals surface area (Å²) in [7, 11) is 4.87. The Morgan fingerprint density at radius 2 is 1.35 bits per heavy atom. The van der Waals surface area contributed by atoms with Crippen LogP contribution in [0.5, 0.6) is 17.2 Å². The van der Waals surface area contributed by atoms with Crippen LogP contribution in [-0.4, -0.2) is 70.7 Å². The molecule has 1 saturated heterocycles. The number of nitrogens with zero attached hydrogens (tertiary/aromatic N) is 4. The SMILES string of the molecule is COc1ccc(C(OC[C@H]2O[C@@H](n3cnc4c(NC(=O)c5ccccc5)ncnc43)C[C@@H]2O)(c2ccc(OC)cc2)c2ccc(OC)cc2)cc1. The molecule has 51 heavy (non-hydrogen) atoms. The molecule has 1 aliphatic heterocycles. The molecule has 0 spiro atoms. The maximum absolute atomic E-state index is 12.9. The molecule has 0 radical (unpaired) electrons. The zero-order chi connectivity index (χ0) is 35.4. The van der Waals surface area contributed by atoms with E-state index in [1.165, 1.54) is 6.33 Å². The van der Waals surface area contributed by atoms with E-state index in [4.69, 9.17) is 23.7 Å². The fraction of sp³-hybridized carbons (Fsp3) is 0.231. The molecule has 0 saturated carbocycles. The quantitative estimate of drug-likeness (QED) is 0.153. The van der Waals surface area contributed by atoms with Gasteiger partial charge in [0, 0.05) is 12.0 Å². The minimum absolute atomic E-state index is 0.0295. The molecule has 2 N–H and O–H groups in total. The molecule has 4 aromatic carbocycles. The van der Waals surface area contributed by atoms with E-state index >= 15 is 0 Å². The Morgan fingerprint density at radius 1 is 0.804 bits per heavy atom. The van der Waals surface area contributed by atoms with E-state index in [1.807, 2.05) is 78.9 Å². The number of methoxy groups -OCH3 is 3. The molecule has 3 atom stereocenters. The molecule has 12 nitrogen and oxygen atoms in total. The first-order chi connectivity index (χ1) is 24.9. The molecule has 0 aliphatic carbocycles. The molecule has 2 aromatic heterocycles. The molecule has 12 heteroatoms. The van der Waals surface area contributed by atoms with Gasteiger partial charge in [-0.05, 0) is 65.2 Å². The summed E-state index contributed by atoms with van der Waals surface area (Å²) >= 11 is 0. The molecule has 7 rings (SSSR count). The molecule has 1 amide bonds. The first kappa shape index (κ1) is 33.7. The van der Waals surface area contributed by atoms with Gasteiger partial charge in [-0.1, -0.05) is 54.6 Å². The summed E-state index contributed by atoms with van der Waals surface area (Å²) in [6, 6.07) is 32.0. The molecule has 3 heterocycles. The number of amides is 1. The highest BCUT2D eigenvalue weighted by Gasteiger charge is 2.42. The number of carbonyl (C=O) groups excluding carboxylic acids is 1. The third kappa shape index (κ3) is 6.59. The molecule has 260 valence electrons. The van der Waals surface area contributed by atoms with Crippen molar-refractivity contribution < 1.29 is 33.6 Å². The Hall–Kier alpha value is -5.82. The number of aromatic nitrogens is 4. The zero-order valence-corrected chi connectivity index (χ0v) is 28.3. The summed E-state index contributed by atoms with van der Waals surface area (Å²) in [5.74, 6) is 2.06. The van der Waals surface area contributed by atoms with E-state index in [2.05, 4.69) is 20.3 Å². The minimum atomic E-state index is -1.13. The van der Waals surface area contributed by atoms with Gasteiger partial charge in [0.15, 0.2) is 17.0 Å². The van der Waals surface area contributed by atoms with E-state index < -0.39 is 24.0 Å². The lowest BCUT2D eigenvalue weighted by molar-refractivity contribution is -0.0931. The Morgan fingerprint density at radius 3 is 1.88 bits per heavy atom. The Bertz CT molecular complexity index is 1970. The van der Waals surface area contributed by atoms with Crippen LogP contribution in [0.2, 0.25) is 0 Å². The van der Waals surface area contributed by atoms with Crippen molar-refractivity contribution in [3.63, 3.8) is 0 Å². The molecule has 6 aromatic rings. The van der Waals surface area contributed by atoms with Gasteiger partial charge in [0.1, 0.15) is 41.5 Å².